The minimum absolute atomic E-state index is 0.130. The Morgan fingerprint density at radius 2 is 2.21 bits per heavy atom. The molecule has 5 unspecified atom stereocenters. The van der Waals surface area contributed by atoms with Crippen molar-refractivity contribution in [2.24, 2.45) is 5.92 Å². The van der Waals surface area contributed by atoms with Crippen LogP contribution in [0.5, 0.6) is 0 Å². The van der Waals surface area contributed by atoms with Gasteiger partial charge in [0.05, 0.1) is 28.6 Å². The molecule has 0 bridgehead atoms. The van der Waals surface area contributed by atoms with E-state index in [0.29, 0.717) is 28.4 Å². The third kappa shape index (κ3) is 4.29. The highest BCUT2D eigenvalue weighted by Crippen LogP contribution is 2.42. The molecule has 0 radical (unpaired) electrons. The predicted octanol–water partition coefficient (Wildman–Crippen LogP) is 1.34. The Hall–Kier alpha value is -0.393. The van der Waals surface area contributed by atoms with Crippen LogP contribution in [0.25, 0.3) is 0 Å². The van der Waals surface area contributed by atoms with Crippen LogP contribution in [0.4, 0.5) is 0 Å². The molecule has 0 aromatic carbocycles. The Morgan fingerprint density at radius 3 is 2.79 bits per heavy atom. The second kappa shape index (κ2) is 5.93. The summed E-state index contributed by atoms with van der Waals surface area (Å²) in [6.45, 7) is 5.59. The van der Waals surface area contributed by atoms with Crippen LogP contribution in [0.2, 0.25) is 0 Å². The summed E-state index contributed by atoms with van der Waals surface area (Å²) in [6, 6.07) is 0. The van der Waals surface area contributed by atoms with Gasteiger partial charge in [0.1, 0.15) is 0 Å². The first-order valence-corrected chi connectivity index (χ1v) is 8.44. The first kappa shape index (κ1) is 15.0. The number of rotatable bonds is 6. The van der Waals surface area contributed by atoms with Crippen molar-refractivity contribution in [2.75, 3.05) is 0 Å². The number of carbonyl (C=O) groups excluding carboxylic acids is 1. The van der Waals surface area contributed by atoms with Crippen molar-refractivity contribution < 1.29 is 19.0 Å². The lowest BCUT2D eigenvalue weighted by molar-refractivity contribution is -0.212. The van der Waals surface area contributed by atoms with Gasteiger partial charge in [-0.1, -0.05) is 6.92 Å². The maximum atomic E-state index is 11.3. The summed E-state index contributed by atoms with van der Waals surface area (Å²) >= 11 is 0. The van der Waals surface area contributed by atoms with E-state index in [4.69, 9.17) is 14.2 Å². The lowest BCUT2D eigenvalue weighted by Gasteiger charge is -2.35. The zero-order valence-electron chi connectivity index (χ0n) is 12.5. The van der Waals surface area contributed by atoms with Gasteiger partial charge in [-0.25, -0.2) is 0 Å². The van der Waals surface area contributed by atoms with Gasteiger partial charge in [0, 0.05) is 13.3 Å². The van der Waals surface area contributed by atoms with Crippen LogP contribution in [-0.2, 0) is 19.0 Å². The molecule has 0 N–H and O–H groups in total. The molecule has 1 aliphatic heterocycles. The van der Waals surface area contributed by atoms with E-state index in [9.17, 15) is 4.79 Å². The average Bonchev–Trinajstić information content (AvgIpc) is 3.05. The molecule has 19 heavy (non-hydrogen) atoms. The smallest absolute Gasteiger partial charge is 0.304 e. The highest BCUT2D eigenvalue weighted by Gasteiger charge is 2.46. The summed E-state index contributed by atoms with van der Waals surface area (Å²) in [6.07, 6.45) is 6.28. The van der Waals surface area contributed by atoms with Gasteiger partial charge in [-0.2, -0.15) is 0 Å². The van der Waals surface area contributed by atoms with E-state index < -0.39 is 5.41 Å². The zero-order chi connectivity index (χ0) is 14.0. The molecule has 5 atom stereocenters. The molecular formula is C14H26O4Si. The Bertz CT molecular complexity index is 335. The molecule has 2 aliphatic rings. The lowest BCUT2D eigenvalue weighted by Crippen LogP contribution is -2.43. The zero-order valence-corrected chi connectivity index (χ0v) is 14.5. The number of hydrogen-bond donors (Lipinski definition) is 0. The highest BCUT2D eigenvalue weighted by molar-refractivity contribution is 6.14. The first-order chi connectivity index (χ1) is 8.92. The average molecular weight is 286 g/mol. The van der Waals surface area contributed by atoms with Crippen molar-refractivity contribution >= 4 is 16.2 Å². The number of ether oxygens (including phenoxy) is 3. The van der Waals surface area contributed by atoms with Crippen LogP contribution >= 0.6 is 0 Å². The number of esters is 1. The summed E-state index contributed by atoms with van der Waals surface area (Å²) in [5.41, 5.74) is -0.659. The van der Waals surface area contributed by atoms with Crippen molar-refractivity contribution in [1.29, 1.82) is 0 Å². The maximum absolute atomic E-state index is 11.3. The fraction of sp³-hybridized carbons (Fsp3) is 0.929. The minimum atomic E-state index is -0.659. The molecule has 5 heteroatoms. The minimum Gasteiger partial charge on any atom is -0.439 e. The van der Waals surface area contributed by atoms with Crippen molar-refractivity contribution in [3.63, 3.8) is 0 Å². The van der Waals surface area contributed by atoms with E-state index >= 15 is 0 Å². The van der Waals surface area contributed by atoms with E-state index in [0.717, 1.165) is 32.1 Å². The molecule has 1 saturated heterocycles. The molecule has 1 heterocycles. The van der Waals surface area contributed by atoms with E-state index in [2.05, 4.69) is 6.92 Å². The fourth-order valence-electron chi connectivity index (χ4n) is 3.12. The number of carbonyl (C=O) groups is 1. The van der Waals surface area contributed by atoms with Gasteiger partial charge >= 0.3 is 5.97 Å². The van der Waals surface area contributed by atoms with Crippen LogP contribution in [0.3, 0.4) is 0 Å². The monoisotopic (exact) mass is 286 g/mol. The third-order valence-electron chi connectivity index (χ3n) is 4.16. The van der Waals surface area contributed by atoms with E-state index in [1.165, 1.54) is 6.92 Å². The second-order valence-electron chi connectivity index (χ2n) is 6.16. The summed E-state index contributed by atoms with van der Waals surface area (Å²) in [5, 5.41) is 0. The van der Waals surface area contributed by atoms with Gasteiger partial charge in [-0.3, -0.25) is 4.79 Å². The lowest BCUT2D eigenvalue weighted by atomic mass is 9.86. The van der Waals surface area contributed by atoms with Crippen molar-refractivity contribution in [3.05, 3.63) is 0 Å². The Kier molecular flexibility index (Phi) is 4.69. The molecule has 0 aromatic heterocycles. The normalized spacial score (nSPS) is 34.2. The van der Waals surface area contributed by atoms with E-state index in [-0.39, 0.29) is 12.1 Å². The first-order valence-electron chi connectivity index (χ1n) is 7.44. The van der Waals surface area contributed by atoms with Crippen LogP contribution in [0.15, 0.2) is 0 Å². The third-order valence-corrected chi connectivity index (χ3v) is 5.01. The Morgan fingerprint density at radius 1 is 1.47 bits per heavy atom. The Balaban J connectivity index is 1.93. The van der Waals surface area contributed by atoms with E-state index in [1.807, 2.05) is 6.92 Å². The van der Waals surface area contributed by atoms with Gasteiger partial charge in [0.15, 0.2) is 5.41 Å². The highest BCUT2D eigenvalue weighted by atomic mass is 28.1. The molecule has 2 fully saturated rings. The second-order valence-corrected chi connectivity index (χ2v) is 7.68. The van der Waals surface area contributed by atoms with Gasteiger partial charge in [-0.15, -0.1) is 0 Å². The Labute approximate surface area is 118 Å². The SMILES string of the molecule is CCC(C)OC([SiH3])(CC1CCC2OC2C1)OC(C)=O. The number of epoxide rings is 1. The molecule has 1 saturated carbocycles. The summed E-state index contributed by atoms with van der Waals surface area (Å²) < 4.78 is 17.1. The summed E-state index contributed by atoms with van der Waals surface area (Å²) in [7, 11) is 0.703. The van der Waals surface area contributed by atoms with Crippen LogP contribution in [0.1, 0.15) is 52.9 Å². The number of hydrogen-bond acceptors (Lipinski definition) is 4. The van der Waals surface area contributed by atoms with Gasteiger partial charge in [0.2, 0.25) is 0 Å². The maximum Gasteiger partial charge on any atom is 0.304 e. The molecule has 0 aromatic rings. The van der Waals surface area contributed by atoms with Crippen LogP contribution in [0, 0.1) is 5.92 Å². The molecular weight excluding hydrogens is 260 g/mol. The quantitative estimate of drug-likeness (QED) is 0.320. The van der Waals surface area contributed by atoms with Crippen LogP contribution < -0.4 is 0 Å². The molecule has 0 amide bonds. The molecule has 4 nitrogen and oxygen atoms in total. The predicted molar refractivity (Wildman–Crippen MR) is 75.9 cm³/mol. The molecule has 1 aliphatic carbocycles. The topological polar surface area (TPSA) is 48.1 Å². The largest absolute Gasteiger partial charge is 0.439 e. The van der Waals surface area contributed by atoms with Crippen LogP contribution in [-0.4, -0.2) is 39.9 Å². The van der Waals surface area contributed by atoms with Gasteiger partial charge < -0.3 is 14.2 Å². The van der Waals surface area contributed by atoms with Gasteiger partial charge in [0.25, 0.3) is 0 Å². The molecule has 0 spiro atoms. The van der Waals surface area contributed by atoms with Crippen molar-refractivity contribution in [1.82, 2.24) is 0 Å². The van der Waals surface area contributed by atoms with E-state index in [1.54, 1.807) is 0 Å². The molecule has 2 rings (SSSR count). The summed E-state index contributed by atoms with van der Waals surface area (Å²) in [5.74, 6) is 0.319. The standard InChI is InChI=1S/C14H26O4Si/c1-4-9(2)17-14(19,18-10(3)15)8-11-5-6-12-13(7-11)16-12/h9,11-13H,4-8H2,1-3,19H3. The van der Waals surface area contributed by atoms with Gasteiger partial charge in [-0.05, 0) is 38.5 Å². The fourth-order valence-corrected chi connectivity index (χ4v) is 4.39. The molecule has 110 valence electrons. The summed E-state index contributed by atoms with van der Waals surface area (Å²) in [4.78, 5) is 11.3. The van der Waals surface area contributed by atoms with Crippen molar-refractivity contribution in [3.8, 4) is 0 Å². The number of fused-ring (bicyclic) bond motifs is 1. The van der Waals surface area contributed by atoms with Crippen molar-refractivity contribution in [2.45, 2.75) is 76.6 Å².